The van der Waals surface area contributed by atoms with Gasteiger partial charge in [-0.2, -0.15) is 5.26 Å². The van der Waals surface area contributed by atoms with Crippen molar-refractivity contribution in [1.29, 1.82) is 5.26 Å². The molecule has 0 saturated heterocycles. The maximum absolute atomic E-state index is 13.4. The number of rotatable bonds is 2. The Hall–Kier alpha value is -2.15. The lowest BCUT2D eigenvalue weighted by Gasteiger charge is -2.06. The Bertz CT molecular complexity index is 485. The van der Waals surface area contributed by atoms with E-state index in [4.69, 9.17) is 5.26 Å². The van der Waals surface area contributed by atoms with Crippen molar-refractivity contribution in [2.24, 2.45) is 0 Å². The molecule has 0 amide bonds. The second-order valence-electron chi connectivity index (χ2n) is 3.06. The second-order valence-corrected chi connectivity index (χ2v) is 3.06. The fourth-order valence-corrected chi connectivity index (χ4v) is 1.42. The minimum atomic E-state index is -0.679. The van der Waals surface area contributed by atoms with Crippen LogP contribution in [0.3, 0.4) is 0 Å². The number of aromatic amines is 1. The van der Waals surface area contributed by atoms with Crippen LogP contribution in [0, 0.1) is 17.1 Å². The Labute approximate surface area is 86.2 Å². The van der Waals surface area contributed by atoms with Crippen LogP contribution in [-0.4, -0.2) is 9.97 Å². The summed E-state index contributed by atoms with van der Waals surface area (Å²) in [6.07, 6.45) is 3.15. The van der Waals surface area contributed by atoms with Crippen molar-refractivity contribution in [3.63, 3.8) is 0 Å². The summed E-state index contributed by atoms with van der Waals surface area (Å²) in [7, 11) is 0. The minimum Gasteiger partial charge on any atom is -0.347 e. The highest BCUT2D eigenvalue weighted by Gasteiger charge is 2.18. The molecule has 0 saturated carbocycles. The second kappa shape index (κ2) is 3.93. The monoisotopic (exact) mass is 201 g/mol. The largest absolute Gasteiger partial charge is 0.347 e. The van der Waals surface area contributed by atoms with E-state index in [0.717, 1.165) is 0 Å². The smallest absolute Gasteiger partial charge is 0.132 e. The molecule has 0 fully saturated rings. The maximum Gasteiger partial charge on any atom is 0.132 e. The summed E-state index contributed by atoms with van der Waals surface area (Å²) < 4.78 is 13.4. The van der Waals surface area contributed by atoms with Crippen LogP contribution in [0.4, 0.5) is 4.39 Å². The number of nitrogens with zero attached hydrogens (tertiary/aromatic N) is 2. The molecule has 74 valence electrons. The molecule has 0 aliphatic rings. The van der Waals surface area contributed by atoms with Gasteiger partial charge in [-0.15, -0.1) is 0 Å². The van der Waals surface area contributed by atoms with Gasteiger partial charge in [-0.05, 0) is 6.07 Å². The first kappa shape index (κ1) is 9.41. The van der Waals surface area contributed by atoms with Gasteiger partial charge in [0, 0.05) is 18.0 Å². The minimum absolute atomic E-state index is 0.343. The van der Waals surface area contributed by atoms with Gasteiger partial charge >= 0.3 is 0 Å². The van der Waals surface area contributed by atoms with E-state index in [0.29, 0.717) is 11.4 Å². The van der Waals surface area contributed by atoms with Crippen molar-refractivity contribution in [2.45, 2.75) is 5.92 Å². The molecule has 1 atom stereocenters. The van der Waals surface area contributed by atoms with E-state index in [2.05, 4.69) is 9.97 Å². The molecule has 2 aromatic rings. The molecule has 1 aromatic carbocycles. The van der Waals surface area contributed by atoms with Gasteiger partial charge in [-0.1, -0.05) is 18.2 Å². The SMILES string of the molecule is N#CC(c1ncc[nH]1)c1ccccc1F. The zero-order valence-electron chi connectivity index (χ0n) is 7.81. The number of aromatic nitrogens is 2. The maximum atomic E-state index is 13.4. The van der Waals surface area contributed by atoms with E-state index in [9.17, 15) is 4.39 Å². The molecule has 1 N–H and O–H groups in total. The molecule has 15 heavy (non-hydrogen) atoms. The predicted molar refractivity (Wildman–Crippen MR) is 52.4 cm³/mol. The quantitative estimate of drug-likeness (QED) is 0.809. The van der Waals surface area contributed by atoms with Crippen LogP contribution in [0.15, 0.2) is 36.7 Å². The number of H-pyrrole nitrogens is 1. The molecule has 2 rings (SSSR count). The number of halogens is 1. The Morgan fingerprint density at radius 1 is 1.40 bits per heavy atom. The highest BCUT2D eigenvalue weighted by atomic mass is 19.1. The van der Waals surface area contributed by atoms with Crippen LogP contribution in [-0.2, 0) is 0 Å². The summed E-state index contributed by atoms with van der Waals surface area (Å²) in [5, 5.41) is 9.00. The number of nitrogens with one attached hydrogen (secondary N) is 1. The Morgan fingerprint density at radius 2 is 2.20 bits per heavy atom. The van der Waals surface area contributed by atoms with Gasteiger partial charge in [0.15, 0.2) is 0 Å². The first-order valence-corrected chi connectivity index (χ1v) is 4.46. The van der Waals surface area contributed by atoms with Crippen LogP contribution >= 0.6 is 0 Å². The van der Waals surface area contributed by atoms with E-state index >= 15 is 0 Å². The Balaban J connectivity index is 2.46. The zero-order valence-corrected chi connectivity index (χ0v) is 7.81. The third-order valence-corrected chi connectivity index (χ3v) is 2.14. The molecule has 0 radical (unpaired) electrons. The lowest BCUT2D eigenvalue weighted by molar-refractivity contribution is 0.607. The third-order valence-electron chi connectivity index (χ3n) is 2.14. The van der Waals surface area contributed by atoms with Gasteiger partial charge < -0.3 is 4.98 Å². The van der Waals surface area contributed by atoms with E-state index in [1.54, 1.807) is 30.6 Å². The molecule has 0 spiro atoms. The molecule has 0 aliphatic carbocycles. The summed E-state index contributed by atoms with van der Waals surface area (Å²) in [5.74, 6) is -0.607. The highest BCUT2D eigenvalue weighted by molar-refractivity contribution is 5.32. The average Bonchev–Trinajstić information content (AvgIpc) is 2.75. The normalized spacial score (nSPS) is 12.0. The first-order valence-electron chi connectivity index (χ1n) is 4.46. The molecule has 0 aliphatic heterocycles. The van der Waals surface area contributed by atoms with Gasteiger partial charge in [0.25, 0.3) is 0 Å². The molecule has 3 nitrogen and oxygen atoms in total. The molecule has 0 bridgehead atoms. The predicted octanol–water partition coefficient (Wildman–Crippen LogP) is 2.20. The molecule has 1 heterocycles. The van der Waals surface area contributed by atoms with Crippen molar-refractivity contribution < 1.29 is 4.39 Å². The van der Waals surface area contributed by atoms with Gasteiger partial charge in [0.2, 0.25) is 0 Å². The summed E-state index contributed by atoms with van der Waals surface area (Å²) in [5.41, 5.74) is 0.343. The number of imidazole rings is 1. The molecule has 4 heteroatoms. The molecule has 1 unspecified atom stereocenters. The third kappa shape index (κ3) is 1.72. The molecular weight excluding hydrogens is 193 g/mol. The number of benzene rings is 1. The molecule has 1 aromatic heterocycles. The summed E-state index contributed by atoms with van der Waals surface area (Å²) >= 11 is 0. The lowest BCUT2D eigenvalue weighted by Crippen LogP contribution is -2.02. The standard InChI is InChI=1S/C11H8FN3/c12-10-4-2-1-3-8(10)9(7-13)11-14-5-6-15-11/h1-6,9H,(H,14,15). The number of nitriles is 1. The first-order chi connectivity index (χ1) is 7.33. The number of hydrogen-bond donors (Lipinski definition) is 1. The van der Waals surface area contributed by atoms with Gasteiger partial charge in [0.1, 0.15) is 17.6 Å². The van der Waals surface area contributed by atoms with Crippen molar-refractivity contribution in [2.75, 3.05) is 0 Å². The van der Waals surface area contributed by atoms with Crippen molar-refractivity contribution in [3.05, 3.63) is 53.9 Å². The van der Waals surface area contributed by atoms with E-state index in [-0.39, 0.29) is 5.82 Å². The molecular formula is C11H8FN3. The fourth-order valence-electron chi connectivity index (χ4n) is 1.42. The fraction of sp³-hybridized carbons (Fsp3) is 0.0909. The van der Waals surface area contributed by atoms with Crippen molar-refractivity contribution >= 4 is 0 Å². The van der Waals surface area contributed by atoms with Gasteiger partial charge in [-0.25, -0.2) is 9.37 Å². The number of hydrogen-bond acceptors (Lipinski definition) is 2. The lowest BCUT2D eigenvalue weighted by atomic mass is 9.99. The zero-order chi connectivity index (χ0) is 10.7. The summed E-state index contributed by atoms with van der Waals surface area (Å²) in [6.45, 7) is 0. The van der Waals surface area contributed by atoms with Crippen LogP contribution < -0.4 is 0 Å². The van der Waals surface area contributed by atoms with Gasteiger partial charge in [0.05, 0.1) is 6.07 Å². The van der Waals surface area contributed by atoms with E-state index < -0.39 is 5.92 Å². The van der Waals surface area contributed by atoms with Crippen molar-refractivity contribution in [1.82, 2.24) is 9.97 Å². The Kier molecular flexibility index (Phi) is 2.46. The Morgan fingerprint density at radius 3 is 2.80 bits per heavy atom. The summed E-state index contributed by atoms with van der Waals surface area (Å²) in [4.78, 5) is 6.77. The van der Waals surface area contributed by atoms with Crippen LogP contribution in [0.25, 0.3) is 0 Å². The topological polar surface area (TPSA) is 52.5 Å². The average molecular weight is 201 g/mol. The summed E-state index contributed by atoms with van der Waals surface area (Å²) in [6, 6.07) is 8.25. The van der Waals surface area contributed by atoms with Gasteiger partial charge in [-0.3, -0.25) is 0 Å². The van der Waals surface area contributed by atoms with Crippen LogP contribution in [0.2, 0.25) is 0 Å². The highest BCUT2D eigenvalue weighted by Crippen LogP contribution is 2.23. The van der Waals surface area contributed by atoms with Crippen LogP contribution in [0.5, 0.6) is 0 Å². The van der Waals surface area contributed by atoms with E-state index in [1.807, 2.05) is 6.07 Å². The van der Waals surface area contributed by atoms with Crippen LogP contribution in [0.1, 0.15) is 17.3 Å². The van der Waals surface area contributed by atoms with E-state index in [1.165, 1.54) is 6.07 Å². The van der Waals surface area contributed by atoms with Crippen molar-refractivity contribution in [3.8, 4) is 6.07 Å².